The lowest BCUT2D eigenvalue weighted by atomic mass is 9.79. The van der Waals surface area contributed by atoms with Crippen molar-refractivity contribution in [2.75, 3.05) is 0 Å². The zero-order valence-corrected chi connectivity index (χ0v) is 30.3. The molecule has 0 N–H and O–H groups in total. The third-order valence-corrected chi connectivity index (χ3v) is 12.5. The first-order valence-electron chi connectivity index (χ1n) is 18.3. The van der Waals surface area contributed by atoms with Gasteiger partial charge in [-0.1, -0.05) is 100 Å². The van der Waals surface area contributed by atoms with Crippen LogP contribution in [0.15, 0.2) is 121 Å². The van der Waals surface area contributed by atoms with Gasteiger partial charge in [0.1, 0.15) is 11.6 Å². The highest BCUT2D eigenvalue weighted by Gasteiger charge is 2.43. The highest BCUT2D eigenvalue weighted by molar-refractivity contribution is 6.12. The maximum atomic E-state index is 5.18. The van der Waals surface area contributed by atoms with Crippen LogP contribution >= 0.6 is 0 Å². The molecular weight excluding hydrogens is 633 g/mol. The number of imidazole rings is 2. The van der Waals surface area contributed by atoms with Gasteiger partial charge in [0.05, 0.1) is 22.1 Å². The van der Waals surface area contributed by atoms with Crippen molar-refractivity contribution in [1.82, 2.24) is 19.1 Å². The molecule has 0 spiro atoms. The Balaban J connectivity index is 1.17. The number of nitrogens with zero attached hydrogens (tertiary/aromatic N) is 4. The lowest BCUT2D eigenvalue weighted by molar-refractivity contribution is 0.652. The number of rotatable bonds is 2. The number of para-hydroxylation sites is 4. The van der Waals surface area contributed by atoms with Crippen molar-refractivity contribution in [1.29, 1.82) is 0 Å². The van der Waals surface area contributed by atoms with Crippen LogP contribution in [0.4, 0.5) is 0 Å². The van der Waals surface area contributed by atoms with E-state index < -0.39 is 0 Å². The molecular formula is C48H38N4. The molecule has 0 aliphatic heterocycles. The molecule has 0 saturated carbocycles. The standard InChI is InChI=1S/C48H38N4/c1-47(2)35-25-34-36(26-33(35)43-29-17-9-7-15-27(29)31(23-37(43)47)45-49-39-19-11-13-21-41(39)51(45)5)48(3,4)38-24-32(28-16-8-10-18-30(28)44(34)38)46-50-40-20-12-14-22-42(40)52(46)6/h7-26H,1-6H3. The molecule has 0 saturated heterocycles. The van der Waals surface area contributed by atoms with Gasteiger partial charge in [0.15, 0.2) is 0 Å². The minimum absolute atomic E-state index is 0.210. The fourth-order valence-corrected chi connectivity index (χ4v) is 9.80. The number of aryl methyl sites for hydroxylation is 2. The molecule has 0 bridgehead atoms. The highest BCUT2D eigenvalue weighted by Crippen LogP contribution is 2.59. The van der Waals surface area contributed by atoms with E-state index >= 15 is 0 Å². The molecule has 2 aliphatic rings. The average Bonchev–Trinajstić information content (AvgIpc) is 3.82. The van der Waals surface area contributed by atoms with Crippen LogP contribution in [0, 0.1) is 0 Å². The zero-order chi connectivity index (χ0) is 35.3. The van der Waals surface area contributed by atoms with Gasteiger partial charge in [-0.25, -0.2) is 9.97 Å². The Bertz CT molecular complexity index is 2830. The van der Waals surface area contributed by atoms with Gasteiger partial charge in [-0.05, 0) is 115 Å². The summed E-state index contributed by atoms with van der Waals surface area (Å²) in [6.07, 6.45) is 0. The second kappa shape index (κ2) is 9.86. The number of hydrogen-bond acceptors (Lipinski definition) is 2. The summed E-state index contributed by atoms with van der Waals surface area (Å²) in [5.41, 5.74) is 17.2. The summed E-state index contributed by atoms with van der Waals surface area (Å²) in [4.78, 5) is 10.4. The summed E-state index contributed by atoms with van der Waals surface area (Å²) < 4.78 is 4.50. The summed E-state index contributed by atoms with van der Waals surface area (Å²) in [7, 11) is 4.28. The molecule has 0 amide bonds. The van der Waals surface area contributed by atoms with E-state index in [-0.39, 0.29) is 10.8 Å². The molecule has 4 nitrogen and oxygen atoms in total. The van der Waals surface area contributed by atoms with Crippen LogP contribution in [0.1, 0.15) is 49.9 Å². The average molecular weight is 671 g/mol. The Morgan fingerprint density at radius 1 is 0.404 bits per heavy atom. The van der Waals surface area contributed by atoms with Gasteiger partial charge in [-0.2, -0.15) is 0 Å². The third kappa shape index (κ3) is 3.62. The fraction of sp³-hybridized carbons (Fsp3) is 0.167. The SMILES string of the molecule is Cn1c(-c2cc3c(c4ccccc24)-c2cc4c(cc2C3(C)C)-c2c(cc(-c3nc5ccccc5n3C)c3ccccc23)C4(C)C)nc2ccccc21. The van der Waals surface area contributed by atoms with Crippen LogP contribution in [0.5, 0.6) is 0 Å². The Kier molecular flexibility index (Phi) is 5.63. The molecule has 11 rings (SSSR count). The van der Waals surface area contributed by atoms with E-state index in [4.69, 9.17) is 9.97 Å². The van der Waals surface area contributed by atoms with Gasteiger partial charge in [0.25, 0.3) is 0 Å². The number of benzene rings is 7. The summed E-state index contributed by atoms with van der Waals surface area (Å²) >= 11 is 0. The van der Waals surface area contributed by atoms with E-state index in [1.165, 1.54) is 77.2 Å². The predicted molar refractivity (Wildman–Crippen MR) is 216 cm³/mol. The van der Waals surface area contributed by atoms with Gasteiger partial charge >= 0.3 is 0 Å². The first-order chi connectivity index (χ1) is 25.1. The van der Waals surface area contributed by atoms with Gasteiger partial charge in [0.2, 0.25) is 0 Å². The lowest BCUT2D eigenvalue weighted by Gasteiger charge is -2.24. The minimum atomic E-state index is -0.210. The van der Waals surface area contributed by atoms with E-state index in [1.807, 2.05) is 0 Å². The van der Waals surface area contributed by atoms with Crippen LogP contribution in [0.3, 0.4) is 0 Å². The van der Waals surface area contributed by atoms with E-state index in [0.29, 0.717) is 0 Å². The number of fused-ring (bicyclic) bond motifs is 12. The Labute approximate surface area is 303 Å². The van der Waals surface area contributed by atoms with Crippen molar-refractivity contribution >= 4 is 43.6 Å². The summed E-state index contributed by atoms with van der Waals surface area (Å²) in [5.74, 6) is 2.01. The highest BCUT2D eigenvalue weighted by atomic mass is 15.1. The molecule has 0 radical (unpaired) electrons. The van der Waals surface area contributed by atoms with Crippen molar-refractivity contribution in [3.05, 3.63) is 144 Å². The lowest BCUT2D eigenvalue weighted by Crippen LogP contribution is -2.17. The molecule has 0 unspecified atom stereocenters. The second-order valence-electron chi connectivity index (χ2n) is 15.9. The summed E-state index contributed by atoms with van der Waals surface area (Å²) in [6, 6.07) is 44.7. The van der Waals surface area contributed by atoms with Crippen molar-refractivity contribution < 1.29 is 0 Å². The largest absolute Gasteiger partial charge is 0.327 e. The van der Waals surface area contributed by atoms with Crippen molar-refractivity contribution in [2.24, 2.45) is 14.1 Å². The molecule has 52 heavy (non-hydrogen) atoms. The third-order valence-electron chi connectivity index (χ3n) is 12.5. The maximum Gasteiger partial charge on any atom is 0.141 e. The Morgan fingerprint density at radius 2 is 0.750 bits per heavy atom. The van der Waals surface area contributed by atoms with Crippen molar-refractivity contribution in [3.8, 4) is 45.0 Å². The Morgan fingerprint density at radius 3 is 1.15 bits per heavy atom. The molecule has 2 heterocycles. The van der Waals surface area contributed by atoms with Crippen LogP contribution in [-0.2, 0) is 24.9 Å². The molecule has 4 heteroatoms. The Hall–Kier alpha value is -6.00. The molecule has 2 aliphatic carbocycles. The molecule has 2 aromatic heterocycles. The van der Waals surface area contributed by atoms with Crippen molar-refractivity contribution in [3.63, 3.8) is 0 Å². The predicted octanol–water partition coefficient (Wildman–Crippen LogP) is 11.7. The zero-order valence-electron chi connectivity index (χ0n) is 30.3. The van der Waals surface area contributed by atoms with Crippen LogP contribution in [0.2, 0.25) is 0 Å². The topological polar surface area (TPSA) is 35.6 Å². The molecule has 7 aromatic carbocycles. The van der Waals surface area contributed by atoms with Crippen molar-refractivity contribution in [2.45, 2.75) is 38.5 Å². The van der Waals surface area contributed by atoms with E-state index in [9.17, 15) is 0 Å². The molecule has 0 fully saturated rings. The van der Waals surface area contributed by atoms with Gasteiger partial charge in [-0.15, -0.1) is 0 Å². The van der Waals surface area contributed by atoms with Gasteiger partial charge in [0, 0.05) is 36.1 Å². The second-order valence-corrected chi connectivity index (χ2v) is 15.9. The van der Waals surface area contributed by atoms with E-state index in [2.05, 4.69) is 172 Å². The maximum absolute atomic E-state index is 5.18. The smallest absolute Gasteiger partial charge is 0.141 e. The minimum Gasteiger partial charge on any atom is -0.327 e. The first kappa shape index (κ1) is 29.7. The number of aromatic nitrogens is 4. The molecule has 0 atom stereocenters. The normalized spacial score (nSPS) is 15.0. The summed E-state index contributed by atoms with van der Waals surface area (Å²) in [6.45, 7) is 9.63. The van der Waals surface area contributed by atoms with E-state index in [1.54, 1.807) is 0 Å². The van der Waals surface area contributed by atoms with Gasteiger partial charge < -0.3 is 9.13 Å². The molecule has 9 aromatic rings. The van der Waals surface area contributed by atoms with Gasteiger partial charge in [-0.3, -0.25) is 0 Å². The van der Waals surface area contributed by atoms with Crippen LogP contribution in [-0.4, -0.2) is 19.1 Å². The van der Waals surface area contributed by atoms with E-state index in [0.717, 1.165) is 33.7 Å². The molecule has 250 valence electrons. The number of hydrogen-bond donors (Lipinski definition) is 0. The van der Waals surface area contributed by atoms with Crippen LogP contribution < -0.4 is 0 Å². The first-order valence-corrected chi connectivity index (χ1v) is 18.3. The fourth-order valence-electron chi connectivity index (χ4n) is 9.80. The summed E-state index contributed by atoms with van der Waals surface area (Å²) in [5, 5.41) is 5.06. The van der Waals surface area contributed by atoms with Crippen LogP contribution in [0.25, 0.3) is 88.6 Å². The quantitative estimate of drug-likeness (QED) is 0.183. The monoisotopic (exact) mass is 670 g/mol.